The molecule has 0 aliphatic heterocycles. The molecule has 3 aromatic carbocycles. The van der Waals surface area contributed by atoms with Crippen molar-refractivity contribution in [3.63, 3.8) is 0 Å². The second-order valence-corrected chi connectivity index (χ2v) is 9.70. The van der Waals surface area contributed by atoms with Gasteiger partial charge in [0.25, 0.3) is 0 Å². The van der Waals surface area contributed by atoms with Gasteiger partial charge >= 0.3 is 17.7 Å². The van der Waals surface area contributed by atoms with Gasteiger partial charge in [0.15, 0.2) is 0 Å². The summed E-state index contributed by atoms with van der Waals surface area (Å²) in [4.78, 5) is 37.2. The highest BCUT2D eigenvalue weighted by Gasteiger charge is 2.26. The lowest BCUT2D eigenvalue weighted by Gasteiger charge is -2.23. The van der Waals surface area contributed by atoms with Crippen LogP contribution < -0.4 is 20.4 Å². The van der Waals surface area contributed by atoms with Gasteiger partial charge in [-0.1, -0.05) is 42.5 Å². The number of hydrogen-bond acceptors (Lipinski definition) is 7. The van der Waals surface area contributed by atoms with E-state index in [2.05, 4.69) is 5.32 Å². The zero-order valence-corrected chi connectivity index (χ0v) is 21.4. The van der Waals surface area contributed by atoms with E-state index in [9.17, 15) is 14.4 Å². The SMILES string of the molecule is CC(C)(C)OC(=O)NC(Cc1ccc(OCc2ccccc2)cc1)C(=O)Oc1ccc2ccc(=O)oc2c1. The Bertz CT molecular complexity index is 1450. The molecule has 0 fully saturated rings. The van der Waals surface area contributed by atoms with Gasteiger partial charge in [-0.2, -0.15) is 0 Å². The molecular formula is C30H29NO7. The lowest BCUT2D eigenvalue weighted by atomic mass is 10.1. The molecule has 1 unspecified atom stereocenters. The minimum Gasteiger partial charge on any atom is -0.489 e. The van der Waals surface area contributed by atoms with Gasteiger partial charge in [0.1, 0.15) is 35.3 Å². The first-order chi connectivity index (χ1) is 18.1. The van der Waals surface area contributed by atoms with Gasteiger partial charge in [0.2, 0.25) is 0 Å². The van der Waals surface area contributed by atoms with E-state index < -0.39 is 29.3 Å². The number of esters is 1. The Balaban J connectivity index is 1.47. The van der Waals surface area contributed by atoms with E-state index in [1.807, 2.05) is 42.5 Å². The lowest BCUT2D eigenvalue weighted by Crippen LogP contribution is -2.46. The largest absolute Gasteiger partial charge is 0.489 e. The van der Waals surface area contributed by atoms with Crippen molar-refractivity contribution in [3.8, 4) is 11.5 Å². The maximum absolute atomic E-state index is 13.1. The third-order valence-electron chi connectivity index (χ3n) is 5.40. The molecule has 0 saturated heterocycles. The number of alkyl carbamates (subject to hydrolysis) is 1. The fourth-order valence-corrected chi connectivity index (χ4v) is 3.63. The number of amides is 1. The van der Waals surface area contributed by atoms with Crippen LogP contribution in [0.15, 0.2) is 94.1 Å². The molecule has 1 amide bonds. The number of rotatable bonds is 8. The molecule has 0 bridgehead atoms. The van der Waals surface area contributed by atoms with Crippen LogP contribution >= 0.6 is 0 Å². The van der Waals surface area contributed by atoms with Crippen LogP contribution in [0.3, 0.4) is 0 Å². The molecule has 196 valence electrons. The summed E-state index contributed by atoms with van der Waals surface area (Å²) >= 11 is 0. The molecule has 1 N–H and O–H groups in total. The summed E-state index contributed by atoms with van der Waals surface area (Å²) in [6.07, 6.45) is -0.591. The molecule has 0 aliphatic rings. The molecule has 0 radical (unpaired) electrons. The number of carbonyl (C=O) groups is 2. The average molecular weight is 516 g/mol. The van der Waals surface area contributed by atoms with Crippen molar-refractivity contribution in [2.75, 3.05) is 0 Å². The normalized spacial score (nSPS) is 12.0. The molecule has 8 nitrogen and oxygen atoms in total. The van der Waals surface area contributed by atoms with Crippen molar-refractivity contribution in [1.82, 2.24) is 5.32 Å². The Labute approximate surface area is 220 Å². The highest BCUT2D eigenvalue weighted by molar-refractivity contribution is 5.85. The molecule has 0 spiro atoms. The first-order valence-corrected chi connectivity index (χ1v) is 12.2. The molecule has 38 heavy (non-hydrogen) atoms. The summed E-state index contributed by atoms with van der Waals surface area (Å²) in [5, 5.41) is 3.29. The number of carbonyl (C=O) groups excluding carboxylic acids is 2. The van der Waals surface area contributed by atoms with Gasteiger partial charge in [0, 0.05) is 23.9 Å². The van der Waals surface area contributed by atoms with Crippen molar-refractivity contribution in [1.29, 1.82) is 0 Å². The van der Waals surface area contributed by atoms with E-state index in [1.165, 1.54) is 12.1 Å². The van der Waals surface area contributed by atoms with Gasteiger partial charge < -0.3 is 23.9 Å². The molecule has 1 aromatic heterocycles. The van der Waals surface area contributed by atoms with E-state index in [0.717, 1.165) is 11.1 Å². The Kier molecular flexibility index (Phi) is 8.11. The van der Waals surface area contributed by atoms with Crippen molar-refractivity contribution < 1.29 is 28.2 Å². The number of hydrogen-bond donors (Lipinski definition) is 1. The standard InChI is InChI=1S/C30H29NO7/c1-30(2,3)38-29(34)31-25(28(33)36-24-15-11-22-12-16-27(32)37-26(22)18-24)17-20-9-13-23(14-10-20)35-19-21-7-5-4-6-8-21/h4-16,18,25H,17,19H2,1-3H3,(H,31,34). The molecule has 0 aliphatic carbocycles. The molecule has 4 aromatic rings. The number of benzene rings is 3. The molecule has 1 heterocycles. The lowest BCUT2D eigenvalue weighted by molar-refractivity contribution is -0.136. The Morgan fingerprint density at radius 2 is 1.55 bits per heavy atom. The fourth-order valence-electron chi connectivity index (χ4n) is 3.63. The Hall–Kier alpha value is -4.59. The highest BCUT2D eigenvalue weighted by atomic mass is 16.6. The van der Waals surface area contributed by atoms with Gasteiger partial charge in [-0.15, -0.1) is 0 Å². The van der Waals surface area contributed by atoms with Gasteiger partial charge in [0.05, 0.1) is 0 Å². The van der Waals surface area contributed by atoms with Gasteiger partial charge in [-0.05, 0) is 62.2 Å². The van der Waals surface area contributed by atoms with Crippen molar-refractivity contribution in [2.24, 2.45) is 0 Å². The van der Waals surface area contributed by atoms with E-state index in [4.69, 9.17) is 18.6 Å². The minimum atomic E-state index is -1.04. The molecule has 1 atom stereocenters. The summed E-state index contributed by atoms with van der Waals surface area (Å²) in [5.41, 5.74) is 0.854. The van der Waals surface area contributed by atoms with Gasteiger partial charge in [-0.25, -0.2) is 14.4 Å². The summed E-state index contributed by atoms with van der Waals surface area (Å²) in [7, 11) is 0. The molecule has 8 heteroatoms. The highest BCUT2D eigenvalue weighted by Crippen LogP contribution is 2.21. The van der Waals surface area contributed by atoms with E-state index in [-0.39, 0.29) is 17.8 Å². The van der Waals surface area contributed by atoms with Crippen LogP contribution in [0.1, 0.15) is 31.9 Å². The number of fused-ring (bicyclic) bond motifs is 1. The smallest absolute Gasteiger partial charge is 0.408 e. The van der Waals surface area contributed by atoms with Crippen molar-refractivity contribution in [2.45, 2.75) is 45.4 Å². The number of nitrogens with one attached hydrogen (secondary N) is 1. The van der Waals surface area contributed by atoms with Crippen molar-refractivity contribution >= 4 is 23.0 Å². The van der Waals surface area contributed by atoms with E-state index >= 15 is 0 Å². The second-order valence-electron chi connectivity index (χ2n) is 9.70. The Morgan fingerprint density at radius 1 is 0.868 bits per heavy atom. The summed E-state index contributed by atoms with van der Waals surface area (Å²) in [5.74, 6) is 0.157. The zero-order valence-electron chi connectivity index (χ0n) is 21.4. The maximum atomic E-state index is 13.1. The molecule has 0 saturated carbocycles. The average Bonchev–Trinajstić information content (AvgIpc) is 2.87. The summed E-state index contributed by atoms with van der Waals surface area (Å²) < 4.78 is 21.9. The predicted octanol–water partition coefficient (Wildman–Crippen LogP) is 5.41. The Morgan fingerprint density at radius 3 is 2.26 bits per heavy atom. The van der Waals surface area contributed by atoms with Crippen LogP contribution in [0.25, 0.3) is 11.0 Å². The summed E-state index contributed by atoms with van der Waals surface area (Å²) in [6.45, 7) is 5.63. The zero-order chi connectivity index (χ0) is 27.1. The van der Waals surface area contributed by atoms with Crippen LogP contribution in [0.5, 0.6) is 11.5 Å². The first kappa shape index (κ1) is 26.5. The van der Waals surface area contributed by atoms with Gasteiger partial charge in [-0.3, -0.25) is 0 Å². The summed E-state index contributed by atoms with van der Waals surface area (Å²) in [6, 6.07) is 23.7. The van der Waals surface area contributed by atoms with Crippen LogP contribution in [-0.4, -0.2) is 23.7 Å². The second kappa shape index (κ2) is 11.6. The molecule has 4 rings (SSSR count). The predicted molar refractivity (Wildman–Crippen MR) is 142 cm³/mol. The van der Waals surface area contributed by atoms with Crippen LogP contribution in [0, 0.1) is 0 Å². The topological polar surface area (TPSA) is 104 Å². The molecular weight excluding hydrogens is 486 g/mol. The monoisotopic (exact) mass is 515 g/mol. The first-order valence-electron chi connectivity index (χ1n) is 12.2. The van der Waals surface area contributed by atoms with Crippen LogP contribution in [0.4, 0.5) is 4.79 Å². The third kappa shape index (κ3) is 7.70. The quantitative estimate of drug-likeness (QED) is 0.190. The number of ether oxygens (including phenoxy) is 3. The van der Waals surface area contributed by atoms with E-state index in [1.54, 1.807) is 51.1 Å². The van der Waals surface area contributed by atoms with E-state index in [0.29, 0.717) is 17.7 Å². The minimum absolute atomic E-state index is 0.152. The maximum Gasteiger partial charge on any atom is 0.408 e. The van der Waals surface area contributed by atoms with Crippen molar-refractivity contribution in [3.05, 3.63) is 106 Å². The van der Waals surface area contributed by atoms with Crippen LogP contribution in [0.2, 0.25) is 0 Å². The van der Waals surface area contributed by atoms with Crippen LogP contribution in [-0.2, 0) is 22.6 Å². The fraction of sp³-hybridized carbons (Fsp3) is 0.233. The third-order valence-corrected chi connectivity index (χ3v) is 5.40.